The number of ether oxygens (including phenoxy) is 1. The normalized spacial score (nSPS) is 13.8. The largest absolute Gasteiger partial charge is 0.466 e. The number of carbonyl (C=O) groups is 2. The molecule has 0 aliphatic heterocycles. The highest BCUT2D eigenvalue weighted by Gasteiger charge is 2.07. The second-order valence-corrected chi connectivity index (χ2v) is 3.54. The molecule has 0 aromatic carbocycles. The lowest BCUT2D eigenvalue weighted by atomic mass is 10.2. The predicted molar refractivity (Wildman–Crippen MR) is 65.0 cm³/mol. The number of hydrogen-bond donors (Lipinski definition) is 1. The summed E-state index contributed by atoms with van der Waals surface area (Å²) < 4.78 is 4.74. The Hall–Kier alpha value is -1.84. The molecule has 1 aliphatic carbocycles. The van der Waals surface area contributed by atoms with E-state index in [0.29, 0.717) is 6.61 Å². The zero-order valence-electron chi connectivity index (χ0n) is 9.94. The quantitative estimate of drug-likeness (QED) is 0.740. The standard InChI is InChI=1S/C13H17NO3/c1-2-17-13(16)10-9-12(15)14-11-7-5-3-4-6-8-11/h3-5,7-8H,2,6,9-10H2,1H3,(H,14,15). The average Bonchev–Trinajstić information content (AvgIpc) is 2.55. The Morgan fingerprint density at radius 3 is 2.94 bits per heavy atom. The Balaban J connectivity index is 2.30. The summed E-state index contributed by atoms with van der Waals surface area (Å²) in [5.41, 5.74) is 0.767. The molecule has 0 radical (unpaired) electrons. The van der Waals surface area contributed by atoms with Gasteiger partial charge in [0.25, 0.3) is 0 Å². The minimum Gasteiger partial charge on any atom is -0.466 e. The molecule has 0 aromatic rings. The lowest BCUT2D eigenvalue weighted by Crippen LogP contribution is -2.22. The first-order chi connectivity index (χ1) is 8.22. The molecule has 0 aromatic heterocycles. The van der Waals surface area contributed by atoms with Crippen molar-refractivity contribution in [3.63, 3.8) is 0 Å². The molecule has 0 bridgehead atoms. The summed E-state index contributed by atoms with van der Waals surface area (Å²) in [5, 5.41) is 2.74. The van der Waals surface area contributed by atoms with Crippen molar-refractivity contribution in [2.45, 2.75) is 26.2 Å². The van der Waals surface area contributed by atoms with Crippen molar-refractivity contribution in [1.29, 1.82) is 0 Å². The Kier molecular flexibility index (Phi) is 5.79. The van der Waals surface area contributed by atoms with Crippen molar-refractivity contribution in [1.82, 2.24) is 5.32 Å². The lowest BCUT2D eigenvalue weighted by Gasteiger charge is -2.05. The summed E-state index contributed by atoms with van der Waals surface area (Å²) >= 11 is 0. The van der Waals surface area contributed by atoms with Crippen molar-refractivity contribution in [3.05, 3.63) is 36.1 Å². The molecule has 0 saturated heterocycles. The monoisotopic (exact) mass is 235 g/mol. The van der Waals surface area contributed by atoms with Crippen molar-refractivity contribution >= 4 is 11.9 Å². The van der Waals surface area contributed by atoms with E-state index < -0.39 is 0 Å². The second-order valence-electron chi connectivity index (χ2n) is 3.54. The molecule has 0 unspecified atom stereocenters. The van der Waals surface area contributed by atoms with Crippen molar-refractivity contribution < 1.29 is 14.3 Å². The molecule has 4 nitrogen and oxygen atoms in total. The second kappa shape index (κ2) is 7.44. The van der Waals surface area contributed by atoms with E-state index >= 15 is 0 Å². The van der Waals surface area contributed by atoms with Gasteiger partial charge in [0.1, 0.15) is 0 Å². The average molecular weight is 235 g/mol. The molecule has 1 amide bonds. The first kappa shape index (κ1) is 13.2. The Morgan fingerprint density at radius 1 is 1.35 bits per heavy atom. The minimum absolute atomic E-state index is 0.120. The minimum atomic E-state index is -0.338. The van der Waals surface area contributed by atoms with Crippen molar-refractivity contribution in [2.24, 2.45) is 0 Å². The first-order valence-electron chi connectivity index (χ1n) is 5.71. The Morgan fingerprint density at radius 2 is 2.18 bits per heavy atom. The molecule has 4 heteroatoms. The molecular weight excluding hydrogens is 218 g/mol. The van der Waals surface area contributed by atoms with Crippen LogP contribution in [0, 0.1) is 0 Å². The zero-order chi connectivity index (χ0) is 12.5. The van der Waals surface area contributed by atoms with Gasteiger partial charge < -0.3 is 10.1 Å². The third kappa shape index (κ3) is 5.70. The van der Waals surface area contributed by atoms with Crippen LogP contribution in [0.3, 0.4) is 0 Å². The van der Waals surface area contributed by atoms with Gasteiger partial charge in [-0.05, 0) is 19.4 Å². The van der Waals surface area contributed by atoms with Gasteiger partial charge in [-0.25, -0.2) is 0 Å². The lowest BCUT2D eigenvalue weighted by molar-refractivity contribution is -0.144. The summed E-state index contributed by atoms with van der Waals surface area (Å²) in [6.45, 7) is 2.09. The van der Waals surface area contributed by atoms with Crippen LogP contribution in [0.25, 0.3) is 0 Å². The van der Waals surface area contributed by atoms with E-state index in [4.69, 9.17) is 4.74 Å². The van der Waals surface area contributed by atoms with Crippen molar-refractivity contribution in [2.75, 3.05) is 6.61 Å². The summed E-state index contributed by atoms with van der Waals surface area (Å²) in [5.74, 6) is -0.509. The molecule has 0 heterocycles. The van der Waals surface area contributed by atoms with Gasteiger partial charge >= 0.3 is 5.97 Å². The molecule has 0 saturated carbocycles. The smallest absolute Gasteiger partial charge is 0.306 e. The molecule has 0 atom stereocenters. The summed E-state index contributed by atoms with van der Waals surface area (Å²) in [7, 11) is 0. The van der Waals surface area contributed by atoms with Gasteiger partial charge in [0, 0.05) is 12.1 Å². The zero-order valence-corrected chi connectivity index (χ0v) is 9.94. The fourth-order valence-corrected chi connectivity index (χ4v) is 1.34. The van der Waals surface area contributed by atoms with Gasteiger partial charge in [0.05, 0.1) is 13.0 Å². The molecular formula is C13H17NO3. The number of rotatable bonds is 5. The number of carbonyl (C=O) groups excluding carboxylic acids is 2. The number of amides is 1. The molecule has 0 fully saturated rings. The summed E-state index contributed by atoms with van der Waals surface area (Å²) in [6, 6.07) is 0. The number of allylic oxidation sites excluding steroid dienone is 5. The van der Waals surface area contributed by atoms with E-state index in [-0.39, 0.29) is 24.7 Å². The fourth-order valence-electron chi connectivity index (χ4n) is 1.34. The van der Waals surface area contributed by atoms with Gasteiger partial charge in [0.15, 0.2) is 0 Å². The van der Waals surface area contributed by atoms with E-state index in [1.54, 1.807) is 6.92 Å². The van der Waals surface area contributed by atoms with Gasteiger partial charge in [-0.1, -0.05) is 24.3 Å². The highest BCUT2D eigenvalue weighted by Crippen LogP contribution is 2.03. The molecule has 0 spiro atoms. The molecule has 92 valence electrons. The van der Waals surface area contributed by atoms with Gasteiger partial charge in [0.2, 0.25) is 5.91 Å². The van der Waals surface area contributed by atoms with Crippen LogP contribution in [0.1, 0.15) is 26.2 Å². The molecule has 17 heavy (non-hydrogen) atoms. The number of hydrogen-bond acceptors (Lipinski definition) is 3. The third-order valence-electron chi connectivity index (χ3n) is 2.14. The van der Waals surface area contributed by atoms with Gasteiger partial charge in [-0.3, -0.25) is 9.59 Å². The Labute approximate surface area is 101 Å². The van der Waals surface area contributed by atoms with Crippen LogP contribution in [0.4, 0.5) is 0 Å². The van der Waals surface area contributed by atoms with Crippen LogP contribution in [0.2, 0.25) is 0 Å². The summed E-state index contributed by atoms with van der Waals surface area (Å²) in [6.07, 6.45) is 10.6. The maximum Gasteiger partial charge on any atom is 0.306 e. The highest BCUT2D eigenvalue weighted by atomic mass is 16.5. The van der Waals surface area contributed by atoms with E-state index in [2.05, 4.69) is 5.32 Å². The van der Waals surface area contributed by atoms with Crippen LogP contribution < -0.4 is 5.32 Å². The predicted octanol–water partition coefficient (Wildman–Crippen LogP) is 1.85. The van der Waals surface area contributed by atoms with E-state index in [9.17, 15) is 9.59 Å². The number of esters is 1. The highest BCUT2D eigenvalue weighted by molar-refractivity contribution is 5.82. The first-order valence-corrected chi connectivity index (χ1v) is 5.71. The third-order valence-corrected chi connectivity index (χ3v) is 2.14. The van der Waals surface area contributed by atoms with E-state index in [1.807, 2.05) is 30.4 Å². The molecule has 1 aliphatic rings. The van der Waals surface area contributed by atoms with Crippen LogP contribution in [-0.4, -0.2) is 18.5 Å². The topological polar surface area (TPSA) is 55.4 Å². The number of nitrogens with one attached hydrogen (secondary N) is 1. The van der Waals surface area contributed by atoms with Crippen LogP contribution >= 0.6 is 0 Å². The fraction of sp³-hybridized carbons (Fsp3) is 0.385. The maximum absolute atomic E-state index is 11.5. The van der Waals surface area contributed by atoms with E-state index in [1.165, 1.54) is 0 Å². The van der Waals surface area contributed by atoms with Crippen LogP contribution in [0.5, 0.6) is 0 Å². The molecule has 1 rings (SSSR count). The molecule has 1 N–H and O–H groups in total. The maximum atomic E-state index is 11.5. The SMILES string of the molecule is CCOC(=O)CCC(=O)NC1=CCC=CC=C1. The van der Waals surface area contributed by atoms with Crippen LogP contribution in [0.15, 0.2) is 36.1 Å². The van der Waals surface area contributed by atoms with Gasteiger partial charge in [-0.15, -0.1) is 0 Å². The van der Waals surface area contributed by atoms with Crippen molar-refractivity contribution in [3.8, 4) is 0 Å². The summed E-state index contributed by atoms with van der Waals surface area (Å²) in [4.78, 5) is 22.6. The van der Waals surface area contributed by atoms with Gasteiger partial charge in [-0.2, -0.15) is 0 Å². The Bertz CT molecular complexity index is 367. The van der Waals surface area contributed by atoms with Crippen LogP contribution in [-0.2, 0) is 14.3 Å². The van der Waals surface area contributed by atoms with E-state index in [0.717, 1.165) is 12.1 Å².